The summed E-state index contributed by atoms with van der Waals surface area (Å²) < 4.78 is 15.2. The molecular weight excluding hydrogens is 368 g/mol. The zero-order chi connectivity index (χ0) is 19.6. The second-order valence-electron chi connectivity index (χ2n) is 5.34. The van der Waals surface area contributed by atoms with Crippen molar-refractivity contribution in [3.8, 4) is 16.9 Å². The number of carbonyl (C=O) groups is 2. The molecule has 0 saturated heterocycles. The molecule has 2 aromatic rings. The van der Waals surface area contributed by atoms with Crippen LogP contribution in [0, 0.1) is 17.6 Å². The first kappa shape index (κ1) is 20.1. The van der Waals surface area contributed by atoms with E-state index in [2.05, 4.69) is 5.32 Å². The minimum absolute atomic E-state index is 0.307. The van der Waals surface area contributed by atoms with Crippen molar-refractivity contribution in [3.63, 3.8) is 0 Å². The molecule has 27 heavy (non-hydrogen) atoms. The maximum absolute atomic E-state index is 11.9. The molecule has 0 spiro atoms. The smallest absolute Gasteiger partial charge is 0.344 e. The number of rotatable bonds is 8. The lowest BCUT2D eigenvalue weighted by Crippen LogP contribution is -2.24. The summed E-state index contributed by atoms with van der Waals surface area (Å²) >= 11 is 1.04. The van der Waals surface area contributed by atoms with Crippen LogP contribution in [-0.4, -0.2) is 32.2 Å². The van der Waals surface area contributed by atoms with E-state index in [4.69, 9.17) is 19.5 Å². The number of nitriles is 1. The molecular formula is C19H18N2O5S. The van der Waals surface area contributed by atoms with Gasteiger partial charge in [0.2, 0.25) is 0 Å². The first-order valence-electron chi connectivity index (χ1n) is 7.90. The van der Waals surface area contributed by atoms with Gasteiger partial charge in [-0.25, -0.2) is 4.79 Å². The van der Waals surface area contributed by atoms with Crippen LogP contribution in [0.25, 0.3) is 0 Å². The zero-order valence-corrected chi connectivity index (χ0v) is 15.7. The number of nitrogens with one attached hydrogen (secondary N) is 1. The predicted octanol–water partition coefficient (Wildman–Crippen LogP) is 3.14. The molecule has 0 aliphatic heterocycles. The number of thiocyanates is 1. The van der Waals surface area contributed by atoms with Gasteiger partial charge in [-0.05, 0) is 66.7 Å². The van der Waals surface area contributed by atoms with E-state index >= 15 is 0 Å². The maximum Gasteiger partial charge on any atom is 0.344 e. The van der Waals surface area contributed by atoms with Crippen molar-refractivity contribution in [1.29, 1.82) is 5.26 Å². The van der Waals surface area contributed by atoms with Gasteiger partial charge < -0.3 is 19.5 Å². The fourth-order valence-corrected chi connectivity index (χ4v) is 2.56. The van der Waals surface area contributed by atoms with Gasteiger partial charge in [0.15, 0.2) is 13.2 Å². The van der Waals surface area contributed by atoms with Crippen LogP contribution in [0.3, 0.4) is 0 Å². The van der Waals surface area contributed by atoms with Gasteiger partial charge in [-0.1, -0.05) is 0 Å². The molecule has 0 atom stereocenters. The van der Waals surface area contributed by atoms with E-state index < -0.39 is 18.5 Å². The number of benzene rings is 2. The van der Waals surface area contributed by atoms with Gasteiger partial charge in [-0.3, -0.25) is 4.79 Å². The molecule has 0 radical (unpaired) electrons. The minimum Gasteiger partial charge on any atom is -0.497 e. The third-order valence-corrected chi connectivity index (χ3v) is 4.00. The average Bonchev–Trinajstić information content (AvgIpc) is 2.67. The number of nitrogens with zero attached hydrogens (tertiary/aromatic N) is 1. The average molecular weight is 386 g/mol. The number of amides is 1. The van der Waals surface area contributed by atoms with Crippen molar-refractivity contribution in [2.75, 3.05) is 25.6 Å². The zero-order valence-electron chi connectivity index (χ0n) is 14.9. The Hall–Kier alpha value is -3.18. The van der Waals surface area contributed by atoms with Crippen LogP contribution in [0.5, 0.6) is 11.5 Å². The normalized spacial score (nSPS) is 9.81. The van der Waals surface area contributed by atoms with E-state index in [9.17, 15) is 9.59 Å². The summed E-state index contributed by atoms with van der Waals surface area (Å²) in [5, 5.41) is 13.3. The van der Waals surface area contributed by atoms with E-state index in [0.29, 0.717) is 17.2 Å². The molecule has 8 heteroatoms. The molecule has 2 aromatic carbocycles. The molecule has 1 amide bonds. The molecule has 1 N–H and O–H groups in total. The predicted molar refractivity (Wildman–Crippen MR) is 101 cm³/mol. The highest BCUT2D eigenvalue weighted by molar-refractivity contribution is 8.03. The molecule has 0 bridgehead atoms. The lowest BCUT2D eigenvalue weighted by Gasteiger charge is -2.10. The van der Waals surface area contributed by atoms with Crippen molar-refractivity contribution in [3.05, 3.63) is 48.0 Å². The fourth-order valence-electron chi connectivity index (χ4n) is 2.08. The van der Waals surface area contributed by atoms with Crippen LogP contribution in [0.4, 0.5) is 5.69 Å². The van der Waals surface area contributed by atoms with Crippen molar-refractivity contribution < 1.29 is 23.8 Å². The Morgan fingerprint density at radius 3 is 2.44 bits per heavy atom. The van der Waals surface area contributed by atoms with Crippen molar-refractivity contribution >= 4 is 29.3 Å². The number of hydrogen-bond acceptors (Lipinski definition) is 7. The highest BCUT2D eigenvalue weighted by Gasteiger charge is 2.10. The van der Waals surface area contributed by atoms with Crippen LogP contribution in [0.15, 0.2) is 47.4 Å². The molecule has 0 heterocycles. The second kappa shape index (κ2) is 10.1. The van der Waals surface area contributed by atoms with Gasteiger partial charge >= 0.3 is 5.97 Å². The number of hydrogen-bond donors (Lipinski definition) is 1. The third-order valence-electron chi connectivity index (χ3n) is 3.42. The molecule has 0 aliphatic rings. The summed E-state index contributed by atoms with van der Waals surface area (Å²) in [6.45, 7) is 1.09. The first-order chi connectivity index (χ1) is 13.0. The van der Waals surface area contributed by atoms with Crippen LogP contribution >= 0.6 is 11.8 Å². The summed E-state index contributed by atoms with van der Waals surface area (Å²) in [7, 11) is 1.55. The minimum atomic E-state index is -0.654. The standard InChI is InChI=1S/C19H18N2O5S/c1-13-9-16(27-12-20)7-8-17(13)21-18(22)10-26-19(23)11-25-15-5-3-14(24-2)4-6-15/h3-9H,10-11H2,1-2H3,(H,21,22). The summed E-state index contributed by atoms with van der Waals surface area (Å²) in [4.78, 5) is 24.4. The van der Waals surface area contributed by atoms with E-state index in [1.165, 1.54) is 0 Å². The number of esters is 1. The molecule has 7 nitrogen and oxygen atoms in total. The summed E-state index contributed by atoms with van der Waals surface area (Å²) in [5.41, 5.74) is 1.39. The monoisotopic (exact) mass is 386 g/mol. The van der Waals surface area contributed by atoms with E-state index in [0.717, 1.165) is 22.2 Å². The lowest BCUT2D eigenvalue weighted by atomic mass is 10.2. The van der Waals surface area contributed by atoms with Gasteiger partial charge in [-0.15, -0.1) is 0 Å². The molecule has 0 saturated carbocycles. The van der Waals surface area contributed by atoms with Crippen LogP contribution in [-0.2, 0) is 14.3 Å². The van der Waals surface area contributed by atoms with Gasteiger partial charge in [-0.2, -0.15) is 5.26 Å². The maximum atomic E-state index is 11.9. The topological polar surface area (TPSA) is 97.7 Å². The Kier molecular flexibility index (Phi) is 7.52. The van der Waals surface area contributed by atoms with Crippen molar-refractivity contribution in [2.24, 2.45) is 0 Å². The van der Waals surface area contributed by atoms with Gasteiger partial charge in [0.05, 0.1) is 7.11 Å². The Bertz CT molecular complexity index is 846. The lowest BCUT2D eigenvalue weighted by molar-refractivity contribution is -0.149. The first-order valence-corrected chi connectivity index (χ1v) is 8.72. The number of aryl methyl sites for hydroxylation is 1. The molecule has 0 fully saturated rings. The summed E-state index contributed by atoms with van der Waals surface area (Å²) in [6, 6.07) is 11.9. The summed E-state index contributed by atoms with van der Waals surface area (Å²) in [5.74, 6) is 0.0503. The molecule has 0 aliphatic carbocycles. The fraction of sp³-hybridized carbons (Fsp3) is 0.211. The summed E-state index contributed by atoms with van der Waals surface area (Å²) in [6.07, 6.45) is 0. The highest BCUT2D eigenvalue weighted by atomic mass is 32.2. The second-order valence-corrected chi connectivity index (χ2v) is 6.20. The Morgan fingerprint density at radius 2 is 1.81 bits per heavy atom. The number of ether oxygens (including phenoxy) is 3. The SMILES string of the molecule is COc1ccc(OCC(=O)OCC(=O)Nc2ccc(SC#N)cc2C)cc1. The quantitative estimate of drug-likeness (QED) is 0.423. The van der Waals surface area contributed by atoms with Crippen LogP contribution < -0.4 is 14.8 Å². The molecule has 2 rings (SSSR count). The molecule has 0 aromatic heterocycles. The van der Waals surface area contributed by atoms with Crippen molar-refractivity contribution in [1.82, 2.24) is 0 Å². The van der Waals surface area contributed by atoms with E-state index in [-0.39, 0.29) is 6.61 Å². The highest BCUT2D eigenvalue weighted by Crippen LogP contribution is 2.23. The number of carbonyl (C=O) groups excluding carboxylic acids is 2. The molecule has 140 valence electrons. The van der Waals surface area contributed by atoms with Gasteiger partial charge in [0.1, 0.15) is 16.9 Å². The van der Waals surface area contributed by atoms with Crippen LogP contribution in [0.2, 0.25) is 0 Å². The number of methoxy groups -OCH3 is 1. The van der Waals surface area contributed by atoms with Crippen LogP contribution in [0.1, 0.15) is 5.56 Å². The number of thioether (sulfide) groups is 1. The Morgan fingerprint density at radius 1 is 1.11 bits per heavy atom. The van der Waals surface area contributed by atoms with Crippen molar-refractivity contribution in [2.45, 2.75) is 11.8 Å². The molecule has 0 unspecified atom stereocenters. The Balaban J connectivity index is 1.76. The largest absolute Gasteiger partial charge is 0.497 e. The Labute approximate surface area is 161 Å². The van der Waals surface area contributed by atoms with Gasteiger partial charge in [0.25, 0.3) is 5.91 Å². The third kappa shape index (κ3) is 6.56. The van der Waals surface area contributed by atoms with E-state index in [1.807, 2.05) is 12.3 Å². The van der Waals surface area contributed by atoms with E-state index in [1.54, 1.807) is 49.6 Å². The number of anilines is 1. The van der Waals surface area contributed by atoms with Gasteiger partial charge in [0, 0.05) is 10.6 Å².